The fourth-order valence-electron chi connectivity index (χ4n) is 9.90. The minimum Gasteiger partial charge on any atom is -0.490 e. The van der Waals surface area contributed by atoms with Crippen LogP contribution in [-0.4, -0.2) is 113 Å². The monoisotopic (exact) mass is 837 g/mol. The van der Waals surface area contributed by atoms with Gasteiger partial charge in [0.05, 0.1) is 45.9 Å². The molecule has 60 heavy (non-hydrogen) atoms. The van der Waals surface area contributed by atoms with Crippen molar-refractivity contribution in [2.75, 3.05) is 55.6 Å². The van der Waals surface area contributed by atoms with Crippen LogP contribution in [-0.2, 0) is 9.59 Å². The van der Waals surface area contributed by atoms with Gasteiger partial charge in [-0.2, -0.15) is 5.26 Å². The molecule has 3 aromatic rings. The molecule has 4 saturated heterocycles. The van der Waals surface area contributed by atoms with E-state index in [2.05, 4.69) is 30.4 Å². The lowest BCUT2D eigenvalue weighted by atomic mass is 9.78. The van der Waals surface area contributed by atoms with Gasteiger partial charge in [-0.25, -0.2) is 14.4 Å². The van der Waals surface area contributed by atoms with Crippen LogP contribution in [0.5, 0.6) is 5.75 Å². The molecule has 6 aliphatic rings. The number of anilines is 2. The number of piperidine rings is 2. The molecule has 1 spiro atoms. The summed E-state index contributed by atoms with van der Waals surface area (Å²) in [6.07, 6.45) is 9.32. The zero-order valence-electron chi connectivity index (χ0n) is 33.0. The smallest absolute Gasteiger partial charge is 0.271 e. The first-order valence-electron chi connectivity index (χ1n) is 20.7. The number of fused-ring (bicyclic) bond motifs is 1. The van der Waals surface area contributed by atoms with Crippen LogP contribution in [0, 0.1) is 28.5 Å². The fourth-order valence-corrected chi connectivity index (χ4v) is 10.1. The van der Waals surface area contributed by atoms with Crippen molar-refractivity contribution >= 4 is 52.6 Å². The van der Waals surface area contributed by atoms with Crippen molar-refractivity contribution in [1.82, 2.24) is 30.4 Å². The number of carbonyl (C=O) groups is 5. The molecule has 5 amide bonds. The molecule has 0 bridgehead atoms. The SMILES string of the molecule is N#Cc1ccc(OC2CCC(NC(=O)c3cnc(N4CCC(CN5CC6(CCN(c7cc8c(cc7F)C(=O)N(C7CCC(=O)NC7=O)C8=O)C6)C5)CC4)cn3)CC2)cc1Cl. The largest absolute Gasteiger partial charge is 0.490 e. The normalized spacial score (nSPS) is 24.3. The average Bonchev–Trinajstić information content (AvgIpc) is 3.77. The van der Waals surface area contributed by atoms with Crippen molar-refractivity contribution in [1.29, 1.82) is 5.26 Å². The molecule has 5 fully saturated rings. The van der Waals surface area contributed by atoms with Crippen LogP contribution in [0.4, 0.5) is 15.9 Å². The van der Waals surface area contributed by atoms with Gasteiger partial charge in [0.1, 0.15) is 35.2 Å². The highest BCUT2D eigenvalue weighted by atomic mass is 35.5. The van der Waals surface area contributed by atoms with Gasteiger partial charge in [0.2, 0.25) is 11.8 Å². The summed E-state index contributed by atoms with van der Waals surface area (Å²) in [5.41, 5.74) is 1.05. The lowest BCUT2D eigenvalue weighted by Gasteiger charge is -2.50. The summed E-state index contributed by atoms with van der Waals surface area (Å²) >= 11 is 6.14. The minimum absolute atomic E-state index is 0.00993. The Hall–Kier alpha value is -5.66. The Bertz CT molecular complexity index is 2280. The van der Waals surface area contributed by atoms with Gasteiger partial charge in [-0.1, -0.05) is 11.6 Å². The summed E-state index contributed by atoms with van der Waals surface area (Å²) in [5, 5.41) is 14.7. The lowest BCUT2D eigenvalue weighted by Crippen LogP contribution is -2.59. The zero-order valence-corrected chi connectivity index (χ0v) is 33.8. The molecule has 1 aromatic heterocycles. The number of nitrogens with zero attached hydrogens (tertiary/aromatic N) is 7. The average molecular weight is 838 g/mol. The molecule has 0 radical (unpaired) electrons. The quantitative estimate of drug-likeness (QED) is 0.295. The Kier molecular flexibility index (Phi) is 10.7. The predicted molar refractivity (Wildman–Crippen MR) is 216 cm³/mol. The van der Waals surface area contributed by atoms with Crippen molar-refractivity contribution < 1.29 is 33.1 Å². The number of nitrogens with one attached hydrogen (secondary N) is 2. The summed E-state index contributed by atoms with van der Waals surface area (Å²) in [6.45, 7) is 5.78. The first-order valence-corrected chi connectivity index (χ1v) is 21.1. The van der Waals surface area contributed by atoms with E-state index in [9.17, 15) is 24.0 Å². The van der Waals surface area contributed by atoms with Crippen LogP contribution < -0.4 is 25.2 Å². The molecule has 1 aliphatic carbocycles. The van der Waals surface area contributed by atoms with E-state index in [1.807, 2.05) is 11.0 Å². The maximum absolute atomic E-state index is 15.5. The molecule has 1 unspecified atom stereocenters. The molecule has 9 rings (SSSR count). The highest BCUT2D eigenvalue weighted by molar-refractivity contribution is 6.31. The van der Waals surface area contributed by atoms with Crippen LogP contribution in [0.2, 0.25) is 5.02 Å². The number of imide groups is 2. The standard InChI is InChI=1S/C43H45ClFN9O6/c44-32-15-29(4-1-26(32)18-46)60-28-5-2-27(3-6-28)49-39(56)34-19-48-37(20-47-34)52-12-9-25(10-13-52)21-51-22-43(23-51)11-14-53(24-43)36-17-31-30(16-33(36)45)41(58)54(42(31)59)35-7-8-38(55)50-40(35)57/h1,4,15-17,19-20,25,27-28,35H,2-3,5-14,21-24H2,(H,49,56)(H,50,55,57). The van der Waals surface area contributed by atoms with Crippen molar-refractivity contribution in [2.45, 2.75) is 76.0 Å². The van der Waals surface area contributed by atoms with E-state index in [0.29, 0.717) is 35.3 Å². The van der Waals surface area contributed by atoms with E-state index < -0.39 is 35.5 Å². The number of rotatable bonds is 9. The Balaban J connectivity index is 0.705. The third-order valence-corrected chi connectivity index (χ3v) is 13.4. The predicted octanol–water partition coefficient (Wildman–Crippen LogP) is 4.09. The topological polar surface area (TPSA) is 181 Å². The summed E-state index contributed by atoms with van der Waals surface area (Å²) in [6, 6.07) is 8.60. The molecule has 15 nitrogen and oxygen atoms in total. The second-order valence-electron chi connectivity index (χ2n) is 17.1. The molecule has 6 heterocycles. The highest BCUT2D eigenvalue weighted by Gasteiger charge is 2.50. The van der Waals surface area contributed by atoms with Gasteiger partial charge in [-0.15, -0.1) is 0 Å². The maximum Gasteiger partial charge on any atom is 0.271 e. The van der Waals surface area contributed by atoms with Gasteiger partial charge >= 0.3 is 0 Å². The van der Waals surface area contributed by atoms with E-state index in [-0.39, 0.29) is 58.8 Å². The van der Waals surface area contributed by atoms with Gasteiger partial charge in [0.15, 0.2) is 0 Å². The molecule has 1 saturated carbocycles. The number of benzene rings is 2. The van der Waals surface area contributed by atoms with Gasteiger partial charge < -0.3 is 24.8 Å². The number of likely N-dealkylation sites (tertiary alicyclic amines) is 1. The van der Waals surface area contributed by atoms with E-state index in [1.54, 1.807) is 30.6 Å². The summed E-state index contributed by atoms with van der Waals surface area (Å²) in [5.74, 6) is -1.40. The van der Waals surface area contributed by atoms with Gasteiger partial charge in [0.25, 0.3) is 17.7 Å². The van der Waals surface area contributed by atoms with Crippen molar-refractivity contribution in [3.63, 3.8) is 0 Å². The number of halogens is 2. The first kappa shape index (κ1) is 39.8. The number of hydrogen-bond acceptors (Lipinski definition) is 12. The molecular formula is C43H45ClFN9O6. The number of carbonyl (C=O) groups excluding carboxylic acids is 5. The number of ether oxygens (including phenoxy) is 1. The molecule has 17 heteroatoms. The summed E-state index contributed by atoms with van der Waals surface area (Å²) < 4.78 is 21.6. The van der Waals surface area contributed by atoms with Gasteiger partial charge in [-0.05, 0) is 81.5 Å². The van der Waals surface area contributed by atoms with Crippen LogP contribution in [0.1, 0.15) is 94.6 Å². The number of nitriles is 1. The molecule has 2 N–H and O–H groups in total. The summed E-state index contributed by atoms with van der Waals surface area (Å²) in [7, 11) is 0. The van der Waals surface area contributed by atoms with Crippen LogP contribution in [0.25, 0.3) is 0 Å². The fraction of sp³-hybridized carbons (Fsp3) is 0.488. The van der Waals surface area contributed by atoms with Gasteiger partial charge in [-0.3, -0.25) is 34.2 Å². The molecular weight excluding hydrogens is 793 g/mol. The van der Waals surface area contributed by atoms with Crippen molar-refractivity contribution in [3.05, 3.63) is 75.9 Å². The van der Waals surface area contributed by atoms with Crippen molar-refractivity contribution in [2.24, 2.45) is 11.3 Å². The molecule has 312 valence electrons. The van der Waals surface area contributed by atoms with Crippen LogP contribution >= 0.6 is 11.6 Å². The zero-order chi connectivity index (χ0) is 41.7. The lowest BCUT2D eigenvalue weighted by molar-refractivity contribution is -0.136. The van der Waals surface area contributed by atoms with Crippen LogP contribution in [0.3, 0.4) is 0 Å². The second-order valence-corrected chi connectivity index (χ2v) is 17.6. The third-order valence-electron chi connectivity index (χ3n) is 13.1. The number of amides is 5. The van der Waals surface area contributed by atoms with Crippen molar-refractivity contribution in [3.8, 4) is 11.8 Å². The number of aromatic nitrogens is 2. The molecule has 2 aromatic carbocycles. The highest BCUT2D eigenvalue weighted by Crippen LogP contribution is 2.43. The third kappa shape index (κ3) is 7.76. The molecule has 1 atom stereocenters. The van der Waals surface area contributed by atoms with Crippen LogP contribution in [0.15, 0.2) is 42.7 Å². The maximum atomic E-state index is 15.5. The summed E-state index contributed by atoms with van der Waals surface area (Å²) in [4.78, 5) is 80.2. The second kappa shape index (κ2) is 16.1. The van der Waals surface area contributed by atoms with E-state index in [0.717, 1.165) is 94.5 Å². The minimum atomic E-state index is -1.10. The van der Waals surface area contributed by atoms with E-state index >= 15 is 4.39 Å². The first-order chi connectivity index (χ1) is 29.0. The molecule has 5 aliphatic heterocycles. The number of hydrogen-bond donors (Lipinski definition) is 2. The Morgan fingerprint density at radius 2 is 1.68 bits per heavy atom. The van der Waals surface area contributed by atoms with E-state index in [4.69, 9.17) is 21.6 Å². The Labute approximate surface area is 351 Å². The van der Waals surface area contributed by atoms with Gasteiger partial charge in [0, 0.05) is 69.8 Å². The Morgan fingerprint density at radius 3 is 2.37 bits per heavy atom. The van der Waals surface area contributed by atoms with E-state index in [1.165, 1.54) is 6.07 Å². The Morgan fingerprint density at radius 1 is 0.933 bits per heavy atom.